The maximum absolute atomic E-state index is 12.4. The van der Waals surface area contributed by atoms with E-state index in [4.69, 9.17) is 30.6 Å². The minimum absolute atomic E-state index is 0.121. The van der Waals surface area contributed by atoms with E-state index in [-0.39, 0.29) is 17.9 Å². The van der Waals surface area contributed by atoms with Gasteiger partial charge in [0.2, 0.25) is 0 Å². The van der Waals surface area contributed by atoms with Crippen molar-refractivity contribution in [2.45, 2.75) is 13.5 Å². The van der Waals surface area contributed by atoms with Crippen LogP contribution in [-0.4, -0.2) is 29.8 Å². The van der Waals surface area contributed by atoms with Gasteiger partial charge in [0.15, 0.2) is 11.5 Å². The van der Waals surface area contributed by atoms with E-state index in [1.54, 1.807) is 48.5 Å². The van der Waals surface area contributed by atoms with Crippen LogP contribution in [0.2, 0.25) is 5.02 Å². The minimum Gasteiger partial charge on any atom is -0.494 e. The van der Waals surface area contributed by atoms with Gasteiger partial charge in [0.05, 0.1) is 27.9 Å². The number of hydrazone groups is 1. The first kappa shape index (κ1) is 25.3. The van der Waals surface area contributed by atoms with E-state index < -0.39 is 11.9 Å². The molecule has 0 aliphatic carbocycles. The van der Waals surface area contributed by atoms with Crippen molar-refractivity contribution in [3.05, 3.63) is 92.6 Å². The second-order valence-corrected chi connectivity index (χ2v) is 8.81. The molecule has 1 amide bonds. The predicted molar refractivity (Wildman–Crippen MR) is 139 cm³/mol. The summed E-state index contributed by atoms with van der Waals surface area (Å²) in [6.45, 7) is 2.64. The summed E-state index contributed by atoms with van der Waals surface area (Å²) in [7, 11) is 0. The number of aromatic carboxylic acids is 1. The van der Waals surface area contributed by atoms with Crippen molar-refractivity contribution < 1.29 is 28.6 Å². The molecular formula is C26H20BrClN2O6. The number of hydrogen-bond acceptors (Lipinski definition) is 6. The summed E-state index contributed by atoms with van der Waals surface area (Å²) in [6.07, 6.45) is 1.44. The Kier molecular flexibility index (Phi) is 7.92. The molecule has 0 fully saturated rings. The van der Waals surface area contributed by atoms with E-state index in [9.17, 15) is 9.59 Å². The van der Waals surface area contributed by atoms with Gasteiger partial charge >= 0.3 is 11.9 Å². The number of benzene rings is 3. The Bertz CT molecular complexity index is 1430. The Hall–Kier alpha value is -3.82. The van der Waals surface area contributed by atoms with Crippen molar-refractivity contribution in [2.24, 2.45) is 5.10 Å². The van der Waals surface area contributed by atoms with Gasteiger partial charge in [-0.2, -0.15) is 5.10 Å². The summed E-state index contributed by atoms with van der Waals surface area (Å²) in [5.74, 6) is -0.249. The Labute approximate surface area is 219 Å². The topological polar surface area (TPSA) is 110 Å². The average Bonchev–Trinajstić information content (AvgIpc) is 3.28. The van der Waals surface area contributed by atoms with Crippen LogP contribution < -0.4 is 14.9 Å². The molecule has 0 aliphatic heterocycles. The van der Waals surface area contributed by atoms with Gasteiger partial charge in [-0.3, -0.25) is 4.79 Å². The third-order valence-electron chi connectivity index (χ3n) is 5.01. The van der Waals surface area contributed by atoms with Gasteiger partial charge in [0.25, 0.3) is 0 Å². The molecule has 36 heavy (non-hydrogen) atoms. The average molecular weight is 572 g/mol. The molecule has 0 atom stereocenters. The molecule has 10 heteroatoms. The van der Waals surface area contributed by atoms with E-state index in [1.807, 2.05) is 6.92 Å². The van der Waals surface area contributed by atoms with Crippen LogP contribution in [0, 0.1) is 0 Å². The maximum atomic E-state index is 12.4. The number of furan rings is 1. The quantitative estimate of drug-likeness (QED) is 0.180. The van der Waals surface area contributed by atoms with Gasteiger partial charge in [-0.1, -0.05) is 23.7 Å². The van der Waals surface area contributed by atoms with Crippen molar-refractivity contribution >= 4 is 56.6 Å². The fraction of sp³-hybridized carbons (Fsp3) is 0.115. The van der Waals surface area contributed by atoms with Crippen molar-refractivity contribution in [3.8, 4) is 11.5 Å². The summed E-state index contributed by atoms with van der Waals surface area (Å²) in [5.41, 5.74) is 4.61. The molecule has 0 unspecified atom stereocenters. The molecule has 0 saturated heterocycles. The monoisotopic (exact) mass is 570 g/mol. The number of nitrogens with one attached hydrogen (secondary N) is 1. The SMILES string of the molecule is CCOc1ccc2oc(C(=O)N/N=C/c3cc(Cl)c(OCc4ccc(C(=O)O)cc4)c(Br)c3)cc2c1. The Morgan fingerprint density at radius 2 is 1.89 bits per heavy atom. The van der Waals surface area contributed by atoms with E-state index in [2.05, 4.69) is 26.5 Å². The van der Waals surface area contributed by atoms with E-state index >= 15 is 0 Å². The van der Waals surface area contributed by atoms with E-state index in [0.717, 1.165) is 10.9 Å². The summed E-state index contributed by atoms with van der Waals surface area (Å²) < 4.78 is 17.4. The first-order valence-corrected chi connectivity index (χ1v) is 11.9. The highest BCUT2D eigenvalue weighted by atomic mass is 79.9. The first-order valence-electron chi connectivity index (χ1n) is 10.8. The zero-order valence-corrected chi connectivity index (χ0v) is 21.3. The summed E-state index contributed by atoms with van der Waals surface area (Å²) in [5, 5.41) is 14.1. The molecular weight excluding hydrogens is 552 g/mol. The molecule has 0 saturated carbocycles. The van der Waals surface area contributed by atoms with Gasteiger partial charge in [-0.25, -0.2) is 10.2 Å². The number of carbonyl (C=O) groups is 2. The maximum Gasteiger partial charge on any atom is 0.335 e. The number of carbonyl (C=O) groups excluding carboxylic acids is 1. The zero-order valence-electron chi connectivity index (χ0n) is 19.0. The molecule has 0 spiro atoms. The van der Waals surface area contributed by atoms with Crippen LogP contribution in [0.25, 0.3) is 11.0 Å². The van der Waals surface area contributed by atoms with Crippen molar-refractivity contribution in [1.82, 2.24) is 5.43 Å². The smallest absolute Gasteiger partial charge is 0.335 e. The minimum atomic E-state index is -0.990. The Balaban J connectivity index is 1.38. The predicted octanol–water partition coefficient (Wildman–Crippen LogP) is 6.29. The standard InChI is InChI=1S/C26H20BrClN2O6/c1-2-34-19-7-8-22-18(11-19)12-23(36-22)25(31)30-29-13-16-9-20(27)24(21(28)10-16)35-14-15-3-5-17(6-4-15)26(32)33/h3-13H,2,14H2,1H3,(H,30,31)(H,32,33)/b29-13+. The number of halogens is 2. The van der Waals surface area contributed by atoms with Gasteiger partial charge in [0.1, 0.15) is 17.9 Å². The second-order valence-electron chi connectivity index (χ2n) is 7.55. The molecule has 3 aromatic carbocycles. The Morgan fingerprint density at radius 1 is 1.11 bits per heavy atom. The highest BCUT2D eigenvalue weighted by Crippen LogP contribution is 2.34. The molecule has 0 bridgehead atoms. The molecule has 0 radical (unpaired) electrons. The largest absolute Gasteiger partial charge is 0.494 e. The lowest BCUT2D eigenvalue weighted by molar-refractivity contribution is 0.0696. The number of fused-ring (bicyclic) bond motifs is 1. The molecule has 2 N–H and O–H groups in total. The van der Waals surface area contributed by atoms with Crippen molar-refractivity contribution in [1.29, 1.82) is 0 Å². The van der Waals surface area contributed by atoms with Crippen LogP contribution in [0.1, 0.15) is 39.0 Å². The zero-order chi connectivity index (χ0) is 25.7. The molecule has 4 aromatic rings. The lowest BCUT2D eigenvalue weighted by atomic mass is 10.1. The summed E-state index contributed by atoms with van der Waals surface area (Å²) >= 11 is 9.81. The molecule has 4 rings (SSSR count). The second kappa shape index (κ2) is 11.3. The van der Waals surface area contributed by atoms with Crippen molar-refractivity contribution in [2.75, 3.05) is 6.61 Å². The van der Waals surface area contributed by atoms with Crippen LogP contribution >= 0.6 is 27.5 Å². The Morgan fingerprint density at radius 3 is 2.58 bits per heavy atom. The van der Waals surface area contributed by atoms with Crippen LogP contribution in [0.15, 0.2) is 74.7 Å². The number of carboxylic acids is 1. The first-order chi connectivity index (χ1) is 17.3. The molecule has 8 nitrogen and oxygen atoms in total. The number of nitrogens with zero attached hydrogens (tertiary/aromatic N) is 1. The lowest BCUT2D eigenvalue weighted by Crippen LogP contribution is -2.16. The fourth-order valence-corrected chi connectivity index (χ4v) is 4.29. The molecule has 1 heterocycles. The highest BCUT2D eigenvalue weighted by molar-refractivity contribution is 9.10. The van der Waals surface area contributed by atoms with Crippen LogP contribution in [0.5, 0.6) is 11.5 Å². The normalized spacial score (nSPS) is 11.1. The van der Waals surface area contributed by atoms with Gasteiger partial charge in [-0.05, 0) is 82.5 Å². The third kappa shape index (κ3) is 6.05. The van der Waals surface area contributed by atoms with E-state index in [0.29, 0.717) is 38.7 Å². The number of ether oxygens (including phenoxy) is 2. The van der Waals surface area contributed by atoms with Crippen LogP contribution in [0.4, 0.5) is 0 Å². The van der Waals surface area contributed by atoms with Crippen LogP contribution in [-0.2, 0) is 6.61 Å². The number of hydrogen-bond donors (Lipinski definition) is 2. The number of carboxylic acid groups (broad SMARTS) is 1. The van der Waals surface area contributed by atoms with Gasteiger partial charge in [-0.15, -0.1) is 0 Å². The number of rotatable bonds is 9. The van der Waals surface area contributed by atoms with Gasteiger partial charge in [0, 0.05) is 5.39 Å². The molecule has 184 valence electrons. The molecule has 1 aromatic heterocycles. The van der Waals surface area contributed by atoms with Gasteiger partial charge < -0.3 is 19.0 Å². The summed E-state index contributed by atoms with van der Waals surface area (Å²) in [6, 6.07) is 16.7. The fourth-order valence-electron chi connectivity index (χ4n) is 3.30. The molecule has 0 aliphatic rings. The lowest BCUT2D eigenvalue weighted by Gasteiger charge is -2.11. The highest BCUT2D eigenvalue weighted by Gasteiger charge is 2.13. The van der Waals surface area contributed by atoms with E-state index in [1.165, 1.54) is 18.3 Å². The summed E-state index contributed by atoms with van der Waals surface area (Å²) in [4.78, 5) is 23.4. The van der Waals surface area contributed by atoms with Crippen LogP contribution in [0.3, 0.4) is 0 Å². The van der Waals surface area contributed by atoms with Crippen molar-refractivity contribution in [3.63, 3.8) is 0 Å². The number of amides is 1. The third-order valence-corrected chi connectivity index (χ3v) is 5.88.